The van der Waals surface area contributed by atoms with E-state index in [2.05, 4.69) is 13.8 Å². The van der Waals surface area contributed by atoms with E-state index in [9.17, 15) is 13.2 Å². The molecule has 3 saturated heterocycles. The molecule has 5 fully saturated rings. The summed E-state index contributed by atoms with van der Waals surface area (Å²) in [4.78, 5) is 13.5. The summed E-state index contributed by atoms with van der Waals surface area (Å²) in [5, 5.41) is 0. The van der Waals surface area contributed by atoms with Gasteiger partial charge in [-0.15, -0.1) is 0 Å². The van der Waals surface area contributed by atoms with Gasteiger partial charge in [-0.3, -0.25) is 4.79 Å². The fourth-order valence-corrected chi connectivity index (χ4v) is 9.64. The highest BCUT2D eigenvalue weighted by Crippen LogP contribution is 2.70. The molecule has 2 saturated carbocycles. The molecule has 3 heterocycles. The average molecular weight is 384 g/mol. The van der Waals surface area contributed by atoms with E-state index in [-0.39, 0.29) is 40.7 Å². The molecule has 7 atom stereocenters. The second-order valence-corrected chi connectivity index (χ2v) is 11.9. The highest BCUT2D eigenvalue weighted by molar-refractivity contribution is 7.90. The lowest BCUT2D eigenvalue weighted by atomic mass is 9.69. The van der Waals surface area contributed by atoms with Crippen LogP contribution >= 0.6 is 0 Å². The van der Waals surface area contributed by atoms with Crippen LogP contribution in [0.4, 0.5) is 0 Å². The molecule has 6 nitrogen and oxygen atoms in total. The van der Waals surface area contributed by atoms with Crippen molar-refractivity contribution in [2.45, 2.75) is 83.8 Å². The zero-order chi connectivity index (χ0) is 18.7. The molecule has 0 radical (unpaired) electrons. The third-order valence-corrected chi connectivity index (χ3v) is 10.3. The van der Waals surface area contributed by atoms with Crippen LogP contribution < -0.4 is 0 Å². The van der Waals surface area contributed by atoms with Gasteiger partial charge in [-0.25, -0.2) is 12.7 Å². The fraction of sp³-hybridized carbons (Fsp3) is 0.947. The second kappa shape index (κ2) is 4.84. The summed E-state index contributed by atoms with van der Waals surface area (Å²) in [5.74, 6) is -0.794. The fourth-order valence-electron chi connectivity index (χ4n) is 7.06. The SMILES string of the molecule is C[C@@H]1C[C@@H]2O[C@@](C)(C[C@H]2C(=O)N2[C@@H]3CC4CC[C@]3(CS2(=O)=O)C4(C)C)O1. The van der Waals surface area contributed by atoms with Crippen LogP contribution in [0.2, 0.25) is 0 Å². The summed E-state index contributed by atoms with van der Waals surface area (Å²) < 4.78 is 39.4. The molecule has 1 spiro atoms. The minimum atomic E-state index is -3.57. The molecule has 4 bridgehead atoms. The van der Waals surface area contributed by atoms with Crippen molar-refractivity contribution in [3.05, 3.63) is 0 Å². The van der Waals surface area contributed by atoms with Gasteiger partial charge in [0.2, 0.25) is 15.9 Å². The summed E-state index contributed by atoms with van der Waals surface area (Å²) in [7, 11) is -3.57. The normalized spacial score (nSPS) is 53.1. The van der Waals surface area contributed by atoms with Crippen molar-refractivity contribution in [2.24, 2.45) is 22.7 Å². The molecule has 5 aliphatic rings. The van der Waals surface area contributed by atoms with Gasteiger partial charge in [0, 0.05) is 18.3 Å². The van der Waals surface area contributed by atoms with E-state index in [1.165, 1.54) is 4.31 Å². The molecule has 0 aromatic rings. The predicted octanol–water partition coefficient (Wildman–Crippen LogP) is 2.28. The zero-order valence-electron chi connectivity index (χ0n) is 16.0. The van der Waals surface area contributed by atoms with Crippen molar-refractivity contribution in [3.63, 3.8) is 0 Å². The number of carbonyl (C=O) groups excluding carboxylic acids is 1. The molecule has 0 aromatic carbocycles. The van der Waals surface area contributed by atoms with Gasteiger partial charge in [0.25, 0.3) is 0 Å². The lowest BCUT2D eigenvalue weighted by Gasteiger charge is -2.37. The standard InChI is InChI=1S/C19H29NO5S/c1-11-7-14-13(9-18(4,24-11)25-14)16(21)20-15-8-12-5-6-19(15,17(12,2)3)10-26(20,22)23/h11-15H,5-10H2,1-4H3/t11-,12?,13-,14+,15-,18+,19-/m1/s1. The number of fused-ring (bicyclic) bond motifs is 3. The number of ether oxygens (including phenoxy) is 2. The van der Waals surface area contributed by atoms with Crippen molar-refractivity contribution >= 4 is 15.9 Å². The minimum absolute atomic E-state index is 0.0224. The van der Waals surface area contributed by atoms with Crippen molar-refractivity contribution in [3.8, 4) is 0 Å². The van der Waals surface area contributed by atoms with Gasteiger partial charge >= 0.3 is 0 Å². The van der Waals surface area contributed by atoms with Crippen LogP contribution in [0.5, 0.6) is 0 Å². The maximum Gasteiger partial charge on any atom is 0.242 e. The molecular weight excluding hydrogens is 354 g/mol. The molecule has 3 aliphatic heterocycles. The van der Waals surface area contributed by atoms with Gasteiger partial charge in [0.05, 0.1) is 29.9 Å². The number of amides is 1. The summed E-state index contributed by atoms with van der Waals surface area (Å²) >= 11 is 0. The van der Waals surface area contributed by atoms with Crippen LogP contribution in [0.15, 0.2) is 0 Å². The van der Waals surface area contributed by atoms with E-state index in [4.69, 9.17) is 9.47 Å². The molecule has 146 valence electrons. The summed E-state index contributed by atoms with van der Waals surface area (Å²) in [6.45, 7) is 8.26. The average Bonchev–Trinajstić information content (AvgIpc) is 3.07. The molecule has 1 amide bonds. The lowest BCUT2D eigenvalue weighted by molar-refractivity contribution is -0.272. The molecule has 26 heavy (non-hydrogen) atoms. The molecule has 0 N–H and O–H groups in total. The van der Waals surface area contributed by atoms with Gasteiger partial charge in [0.15, 0.2) is 5.79 Å². The molecule has 5 rings (SSSR count). The predicted molar refractivity (Wildman–Crippen MR) is 94.5 cm³/mol. The largest absolute Gasteiger partial charge is 0.347 e. The first-order chi connectivity index (χ1) is 12.0. The van der Waals surface area contributed by atoms with E-state index < -0.39 is 21.7 Å². The van der Waals surface area contributed by atoms with Crippen molar-refractivity contribution in [2.75, 3.05) is 5.75 Å². The van der Waals surface area contributed by atoms with Crippen LogP contribution in [0, 0.1) is 22.7 Å². The third kappa shape index (κ3) is 1.95. The van der Waals surface area contributed by atoms with E-state index >= 15 is 0 Å². The smallest absolute Gasteiger partial charge is 0.242 e. The number of hydrogen-bond donors (Lipinski definition) is 0. The number of carbonyl (C=O) groups is 1. The Morgan fingerprint density at radius 2 is 1.88 bits per heavy atom. The Labute approximate surface area is 155 Å². The Hall–Kier alpha value is -0.660. The highest BCUT2D eigenvalue weighted by Gasteiger charge is 2.73. The van der Waals surface area contributed by atoms with Crippen LogP contribution in [0.1, 0.15) is 59.8 Å². The number of nitrogens with zero attached hydrogens (tertiary/aromatic N) is 1. The van der Waals surface area contributed by atoms with E-state index in [0.29, 0.717) is 18.8 Å². The number of rotatable bonds is 1. The van der Waals surface area contributed by atoms with Gasteiger partial charge in [-0.1, -0.05) is 13.8 Å². The Bertz CT molecular complexity index is 779. The van der Waals surface area contributed by atoms with Gasteiger partial charge in [-0.2, -0.15) is 0 Å². The third-order valence-electron chi connectivity index (χ3n) is 8.40. The van der Waals surface area contributed by atoms with E-state index in [1.807, 2.05) is 13.8 Å². The first kappa shape index (κ1) is 17.4. The highest BCUT2D eigenvalue weighted by atomic mass is 32.2. The Morgan fingerprint density at radius 1 is 1.15 bits per heavy atom. The number of hydrogen-bond acceptors (Lipinski definition) is 5. The quantitative estimate of drug-likeness (QED) is 0.695. The molecule has 1 unspecified atom stereocenters. The van der Waals surface area contributed by atoms with Crippen LogP contribution in [-0.2, 0) is 24.3 Å². The van der Waals surface area contributed by atoms with Gasteiger partial charge in [-0.05, 0) is 44.4 Å². The van der Waals surface area contributed by atoms with Crippen LogP contribution in [0.3, 0.4) is 0 Å². The van der Waals surface area contributed by atoms with Crippen molar-refractivity contribution in [1.29, 1.82) is 0 Å². The van der Waals surface area contributed by atoms with Crippen molar-refractivity contribution < 1.29 is 22.7 Å². The van der Waals surface area contributed by atoms with Gasteiger partial charge in [0.1, 0.15) is 0 Å². The summed E-state index contributed by atoms with van der Waals surface area (Å²) in [6.07, 6.45) is 3.69. The monoisotopic (exact) mass is 383 g/mol. The van der Waals surface area contributed by atoms with E-state index in [1.54, 1.807) is 0 Å². The van der Waals surface area contributed by atoms with E-state index in [0.717, 1.165) is 19.3 Å². The molecular formula is C19H29NO5S. The topological polar surface area (TPSA) is 72.9 Å². The molecule has 7 heteroatoms. The first-order valence-electron chi connectivity index (χ1n) is 9.91. The van der Waals surface area contributed by atoms with Crippen LogP contribution in [0.25, 0.3) is 0 Å². The maximum atomic E-state index is 13.5. The Kier molecular flexibility index (Phi) is 3.25. The van der Waals surface area contributed by atoms with Crippen LogP contribution in [-0.4, -0.2) is 48.4 Å². The van der Waals surface area contributed by atoms with Gasteiger partial charge < -0.3 is 9.47 Å². The lowest BCUT2D eigenvalue weighted by Crippen LogP contribution is -2.47. The minimum Gasteiger partial charge on any atom is -0.347 e. The van der Waals surface area contributed by atoms with Crippen molar-refractivity contribution in [1.82, 2.24) is 4.31 Å². The Morgan fingerprint density at radius 3 is 2.58 bits per heavy atom. The summed E-state index contributed by atoms with van der Waals surface area (Å²) in [5.41, 5.74) is -0.292. The second-order valence-electron chi connectivity index (χ2n) is 10.0. The Balaban J connectivity index is 1.50. The zero-order valence-corrected chi connectivity index (χ0v) is 16.8. The number of sulfonamides is 1. The summed E-state index contributed by atoms with van der Waals surface area (Å²) in [6, 6.07) is -0.166. The maximum absolute atomic E-state index is 13.5. The molecule has 2 aliphatic carbocycles. The molecule has 0 aromatic heterocycles. The first-order valence-corrected chi connectivity index (χ1v) is 11.5.